The van der Waals surface area contributed by atoms with E-state index in [-0.39, 0.29) is 0 Å². The second-order valence-corrected chi connectivity index (χ2v) is 4.68. The van der Waals surface area contributed by atoms with Crippen molar-refractivity contribution in [3.63, 3.8) is 0 Å². The van der Waals surface area contributed by atoms with Crippen LogP contribution in [-0.2, 0) is 13.5 Å². The average Bonchev–Trinajstić information content (AvgIpc) is 2.61. The molecule has 0 saturated carbocycles. The fourth-order valence-electron chi connectivity index (χ4n) is 1.64. The first kappa shape index (κ1) is 12.6. The Morgan fingerprint density at radius 1 is 1.60 bits per heavy atom. The van der Waals surface area contributed by atoms with Gasteiger partial charge in [-0.25, -0.2) is 4.98 Å². The zero-order valence-corrected chi connectivity index (χ0v) is 10.7. The smallest absolute Gasteiger partial charge is 0.109 e. The summed E-state index contributed by atoms with van der Waals surface area (Å²) in [6.45, 7) is 3.19. The van der Waals surface area contributed by atoms with Crippen molar-refractivity contribution in [3.8, 4) is 0 Å². The van der Waals surface area contributed by atoms with Gasteiger partial charge in [-0.3, -0.25) is 0 Å². The Balaban J connectivity index is 2.46. The molecule has 1 aromatic rings. The first-order valence-corrected chi connectivity index (χ1v) is 6.85. The van der Waals surface area contributed by atoms with Crippen molar-refractivity contribution in [2.45, 2.75) is 25.8 Å². The molecule has 0 spiro atoms. The maximum absolute atomic E-state index is 4.36. The lowest BCUT2D eigenvalue weighted by molar-refractivity contribution is 0.497. The number of likely N-dealkylation sites (N-methyl/N-ethyl adjacent to an activating group) is 1. The van der Waals surface area contributed by atoms with Crippen LogP contribution in [0.5, 0.6) is 0 Å². The van der Waals surface area contributed by atoms with Crippen LogP contribution in [0, 0.1) is 0 Å². The van der Waals surface area contributed by atoms with Gasteiger partial charge < -0.3 is 9.88 Å². The number of thioether (sulfide) groups is 1. The third-order valence-electron chi connectivity index (χ3n) is 2.51. The van der Waals surface area contributed by atoms with Gasteiger partial charge in [-0.2, -0.15) is 11.8 Å². The molecule has 0 bridgehead atoms. The summed E-state index contributed by atoms with van der Waals surface area (Å²) in [6.07, 6.45) is 8.27. The zero-order chi connectivity index (χ0) is 11.1. The topological polar surface area (TPSA) is 29.9 Å². The Kier molecular flexibility index (Phi) is 5.79. The third-order valence-corrected chi connectivity index (χ3v) is 3.16. The molecule has 0 aromatic carbocycles. The van der Waals surface area contributed by atoms with E-state index < -0.39 is 0 Å². The Labute approximate surface area is 96.7 Å². The molecule has 0 aliphatic rings. The van der Waals surface area contributed by atoms with Gasteiger partial charge in [-0.05, 0) is 25.0 Å². The Bertz CT molecular complexity index is 273. The molecule has 1 N–H and O–H groups in total. The van der Waals surface area contributed by atoms with E-state index in [2.05, 4.69) is 35.1 Å². The molecule has 15 heavy (non-hydrogen) atoms. The summed E-state index contributed by atoms with van der Waals surface area (Å²) in [5.74, 6) is 2.38. The fourth-order valence-corrected chi connectivity index (χ4v) is 2.16. The van der Waals surface area contributed by atoms with Gasteiger partial charge in [0.2, 0.25) is 0 Å². The van der Waals surface area contributed by atoms with Gasteiger partial charge in [-0.15, -0.1) is 0 Å². The number of aryl methyl sites for hydroxylation is 1. The highest BCUT2D eigenvalue weighted by molar-refractivity contribution is 7.98. The van der Waals surface area contributed by atoms with Gasteiger partial charge >= 0.3 is 0 Å². The lowest BCUT2D eigenvalue weighted by atomic mass is 10.1. The van der Waals surface area contributed by atoms with Gasteiger partial charge in [0, 0.05) is 31.9 Å². The highest BCUT2D eigenvalue weighted by Gasteiger charge is 2.10. The number of nitrogens with zero attached hydrogens (tertiary/aromatic N) is 2. The summed E-state index contributed by atoms with van der Waals surface area (Å²) in [5, 5.41) is 3.52. The molecule has 3 nitrogen and oxygen atoms in total. The van der Waals surface area contributed by atoms with Crippen molar-refractivity contribution >= 4 is 11.8 Å². The molecular formula is C11H21N3S. The van der Waals surface area contributed by atoms with Gasteiger partial charge in [-0.1, -0.05) is 6.92 Å². The van der Waals surface area contributed by atoms with Gasteiger partial charge in [0.1, 0.15) is 5.82 Å². The molecule has 4 heteroatoms. The van der Waals surface area contributed by atoms with Crippen molar-refractivity contribution < 1.29 is 0 Å². The highest BCUT2D eigenvalue weighted by atomic mass is 32.2. The van der Waals surface area contributed by atoms with Crippen LogP contribution in [0.2, 0.25) is 0 Å². The summed E-state index contributed by atoms with van der Waals surface area (Å²) in [4.78, 5) is 4.36. The summed E-state index contributed by atoms with van der Waals surface area (Å²) in [5.41, 5.74) is 0. The minimum Gasteiger partial charge on any atom is -0.338 e. The van der Waals surface area contributed by atoms with Crippen molar-refractivity contribution in [2.24, 2.45) is 7.05 Å². The van der Waals surface area contributed by atoms with Crippen molar-refractivity contribution in [2.75, 3.05) is 18.6 Å². The summed E-state index contributed by atoms with van der Waals surface area (Å²) in [7, 11) is 2.06. The van der Waals surface area contributed by atoms with E-state index in [4.69, 9.17) is 0 Å². The largest absolute Gasteiger partial charge is 0.338 e. The second kappa shape index (κ2) is 6.90. The fraction of sp³-hybridized carbons (Fsp3) is 0.727. The molecule has 0 saturated heterocycles. The molecular weight excluding hydrogens is 206 g/mol. The first-order valence-electron chi connectivity index (χ1n) is 5.46. The predicted molar refractivity (Wildman–Crippen MR) is 67.4 cm³/mol. The van der Waals surface area contributed by atoms with E-state index in [1.54, 1.807) is 0 Å². The number of hydrogen-bond donors (Lipinski definition) is 1. The number of imidazole rings is 1. The lowest BCUT2D eigenvalue weighted by Gasteiger charge is -2.16. The van der Waals surface area contributed by atoms with Crippen molar-refractivity contribution in [3.05, 3.63) is 18.2 Å². The summed E-state index contributed by atoms with van der Waals surface area (Å²) < 4.78 is 2.10. The van der Waals surface area contributed by atoms with Gasteiger partial charge in [0.25, 0.3) is 0 Å². The Morgan fingerprint density at radius 3 is 2.93 bits per heavy atom. The Hall–Kier alpha value is -0.480. The van der Waals surface area contributed by atoms with E-state index in [1.165, 1.54) is 18.0 Å². The van der Waals surface area contributed by atoms with Crippen LogP contribution in [-0.4, -0.2) is 34.1 Å². The molecule has 0 radical (unpaired) electrons. The number of rotatable bonds is 7. The molecule has 0 fully saturated rings. The van der Waals surface area contributed by atoms with Crippen LogP contribution >= 0.6 is 11.8 Å². The molecule has 0 aliphatic carbocycles. The summed E-state index contributed by atoms with van der Waals surface area (Å²) >= 11 is 1.91. The third kappa shape index (κ3) is 4.26. The van der Waals surface area contributed by atoms with Crippen LogP contribution in [0.4, 0.5) is 0 Å². The second-order valence-electron chi connectivity index (χ2n) is 3.69. The maximum Gasteiger partial charge on any atom is 0.109 e. The molecule has 1 heterocycles. The van der Waals surface area contributed by atoms with Crippen LogP contribution in [0.3, 0.4) is 0 Å². The van der Waals surface area contributed by atoms with Crippen LogP contribution in [0.25, 0.3) is 0 Å². The molecule has 0 amide bonds. The molecule has 1 aromatic heterocycles. The highest BCUT2D eigenvalue weighted by Crippen LogP contribution is 2.06. The van der Waals surface area contributed by atoms with Crippen LogP contribution in [0.15, 0.2) is 12.4 Å². The molecule has 86 valence electrons. The standard InChI is InChI=1S/C11H21N3S/c1-4-12-10(5-8-15-3)9-11-13-6-7-14(11)2/h6-7,10,12H,4-5,8-9H2,1-3H3. The van der Waals surface area contributed by atoms with Crippen molar-refractivity contribution in [1.82, 2.24) is 14.9 Å². The number of aromatic nitrogens is 2. The quantitative estimate of drug-likeness (QED) is 0.769. The molecule has 1 unspecified atom stereocenters. The minimum absolute atomic E-state index is 0.559. The van der Waals surface area contributed by atoms with Crippen LogP contribution in [0.1, 0.15) is 19.2 Å². The molecule has 0 aliphatic heterocycles. The summed E-state index contributed by atoms with van der Waals surface area (Å²) in [6, 6.07) is 0.559. The Morgan fingerprint density at radius 2 is 2.40 bits per heavy atom. The van der Waals surface area contributed by atoms with Gasteiger partial charge in [0.15, 0.2) is 0 Å². The van der Waals surface area contributed by atoms with Crippen molar-refractivity contribution in [1.29, 1.82) is 0 Å². The normalized spacial score (nSPS) is 13.0. The SMILES string of the molecule is CCNC(CCSC)Cc1nccn1C. The van der Waals surface area contributed by atoms with E-state index in [0.717, 1.165) is 13.0 Å². The molecule has 1 atom stereocenters. The lowest BCUT2D eigenvalue weighted by Crippen LogP contribution is -2.32. The van der Waals surface area contributed by atoms with Crippen LogP contribution < -0.4 is 5.32 Å². The van der Waals surface area contributed by atoms with E-state index in [1.807, 2.05) is 24.2 Å². The zero-order valence-electron chi connectivity index (χ0n) is 9.86. The van der Waals surface area contributed by atoms with Gasteiger partial charge in [0.05, 0.1) is 0 Å². The predicted octanol–water partition coefficient (Wildman–Crippen LogP) is 1.69. The average molecular weight is 227 g/mol. The number of hydrogen-bond acceptors (Lipinski definition) is 3. The first-order chi connectivity index (χ1) is 7.27. The number of nitrogens with one attached hydrogen (secondary N) is 1. The van der Waals surface area contributed by atoms with E-state index in [9.17, 15) is 0 Å². The maximum atomic E-state index is 4.36. The van der Waals surface area contributed by atoms with E-state index in [0.29, 0.717) is 6.04 Å². The van der Waals surface area contributed by atoms with E-state index >= 15 is 0 Å². The minimum atomic E-state index is 0.559. The molecule has 1 rings (SSSR count). The monoisotopic (exact) mass is 227 g/mol.